The number of hydrogen-bond acceptors (Lipinski definition) is 4. The first-order valence-corrected chi connectivity index (χ1v) is 9.67. The van der Waals surface area contributed by atoms with E-state index in [0.717, 1.165) is 15.7 Å². The maximum absolute atomic E-state index is 12.7. The smallest absolute Gasteiger partial charge is 0.276 e. The van der Waals surface area contributed by atoms with Gasteiger partial charge in [0, 0.05) is 35.6 Å². The SMILES string of the molecule is Cn1ccnc1Sc1ccc(Cl)cc1NC(=O)c1ccn(-c2ccccc2)n1. The molecule has 0 spiro atoms. The second-order valence-corrected chi connectivity index (χ2v) is 7.44. The third kappa shape index (κ3) is 3.95. The summed E-state index contributed by atoms with van der Waals surface area (Å²) in [4.78, 5) is 17.9. The second kappa shape index (κ2) is 7.92. The Bertz CT molecular complexity index is 1120. The molecule has 0 unspecified atom stereocenters. The van der Waals surface area contributed by atoms with Gasteiger partial charge in [-0.2, -0.15) is 5.10 Å². The van der Waals surface area contributed by atoms with Gasteiger partial charge in [0.15, 0.2) is 10.9 Å². The lowest BCUT2D eigenvalue weighted by Gasteiger charge is -2.10. The molecule has 0 atom stereocenters. The number of anilines is 1. The number of carbonyl (C=O) groups excluding carboxylic acids is 1. The molecule has 4 rings (SSSR count). The van der Waals surface area contributed by atoms with Crippen LogP contribution in [0.5, 0.6) is 0 Å². The molecule has 8 heteroatoms. The van der Waals surface area contributed by atoms with Gasteiger partial charge in [-0.15, -0.1) is 0 Å². The minimum atomic E-state index is -0.307. The maximum Gasteiger partial charge on any atom is 0.276 e. The van der Waals surface area contributed by atoms with Gasteiger partial charge >= 0.3 is 0 Å². The third-order valence-electron chi connectivity index (χ3n) is 4.01. The fourth-order valence-electron chi connectivity index (χ4n) is 2.59. The number of carbonyl (C=O) groups is 1. The Kier molecular flexibility index (Phi) is 5.18. The number of benzene rings is 2. The Labute approximate surface area is 171 Å². The minimum Gasteiger partial charge on any atom is -0.329 e. The number of nitrogens with zero attached hydrogens (tertiary/aromatic N) is 4. The van der Waals surface area contributed by atoms with Crippen LogP contribution in [-0.4, -0.2) is 25.2 Å². The van der Waals surface area contributed by atoms with Crippen molar-refractivity contribution < 1.29 is 4.79 Å². The van der Waals surface area contributed by atoms with E-state index in [4.69, 9.17) is 11.6 Å². The summed E-state index contributed by atoms with van der Waals surface area (Å²) in [6.45, 7) is 0. The van der Waals surface area contributed by atoms with Crippen molar-refractivity contribution in [3.8, 4) is 5.69 Å². The first kappa shape index (κ1) is 18.3. The molecular formula is C20H16ClN5OS. The van der Waals surface area contributed by atoms with E-state index in [0.29, 0.717) is 16.4 Å². The van der Waals surface area contributed by atoms with Gasteiger partial charge < -0.3 is 9.88 Å². The number of nitrogens with one attached hydrogen (secondary N) is 1. The molecule has 0 aliphatic heterocycles. The number of aryl methyl sites for hydroxylation is 1. The monoisotopic (exact) mass is 409 g/mol. The first-order chi connectivity index (χ1) is 13.6. The fraction of sp³-hybridized carbons (Fsp3) is 0.0500. The highest BCUT2D eigenvalue weighted by Gasteiger charge is 2.15. The van der Waals surface area contributed by atoms with Crippen molar-refractivity contribution in [3.63, 3.8) is 0 Å². The molecule has 0 radical (unpaired) electrons. The summed E-state index contributed by atoms with van der Waals surface area (Å²) in [6.07, 6.45) is 5.35. The lowest BCUT2D eigenvalue weighted by Crippen LogP contribution is -2.14. The van der Waals surface area contributed by atoms with Crippen molar-refractivity contribution in [1.29, 1.82) is 0 Å². The summed E-state index contributed by atoms with van der Waals surface area (Å²) >= 11 is 7.59. The van der Waals surface area contributed by atoms with Gasteiger partial charge in [-0.25, -0.2) is 9.67 Å². The molecule has 1 amide bonds. The standard InChI is InChI=1S/C20H16ClN5OS/c1-25-12-10-22-20(25)28-18-8-7-14(21)13-17(18)23-19(27)16-9-11-26(24-16)15-5-3-2-4-6-15/h2-13H,1H3,(H,23,27). The summed E-state index contributed by atoms with van der Waals surface area (Å²) in [5.41, 5.74) is 1.81. The fourth-order valence-corrected chi connectivity index (χ4v) is 3.64. The molecule has 2 heterocycles. The predicted octanol–water partition coefficient (Wildman–Crippen LogP) is 4.66. The van der Waals surface area contributed by atoms with E-state index >= 15 is 0 Å². The molecule has 4 aromatic rings. The molecule has 2 aromatic heterocycles. The molecule has 2 aromatic carbocycles. The van der Waals surface area contributed by atoms with Crippen molar-refractivity contribution in [2.24, 2.45) is 7.05 Å². The molecule has 0 bridgehead atoms. The van der Waals surface area contributed by atoms with E-state index < -0.39 is 0 Å². The van der Waals surface area contributed by atoms with Crippen LogP contribution < -0.4 is 5.32 Å². The van der Waals surface area contributed by atoms with Gasteiger partial charge in [-0.05, 0) is 48.2 Å². The molecule has 6 nitrogen and oxygen atoms in total. The van der Waals surface area contributed by atoms with Gasteiger partial charge in [0.05, 0.1) is 11.4 Å². The van der Waals surface area contributed by atoms with Crippen molar-refractivity contribution in [3.05, 3.63) is 83.9 Å². The highest BCUT2D eigenvalue weighted by molar-refractivity contribution is 7.99. The molecule has 0 aliphatic carbocycles. The summed E-state index contributed by atoms with van der Waals surface area (Å²) < 4.78 is 3.57. The highest BCUT2D eigenvalue weighted by Crippen LogP contribution is 2.34. The van der Waals surface area contributed by atoms with Crippen LogP contribution >= 0.6 is 23.4 Å². The van der Waals surface area contributed by atoms with E-state index in [1.54, 1.807) is 35.3 Å². The van der Waals surface area contributed by atoms with Gasteiger partial charge in [0.2, 0.25) is 0 Å². The molecule has 0 saturated carbocycles. The number of hydrogen-bond donors (Lipinski definition) is 1. The van der Waals surface area contributed by atoms with E-state index in [2.05, 4.69) is 15.4 Å². The summed E-state index contributed by atoms with van der Waals surface area (Å²) in [6, 6.07) is 16.7. The van der Waals surface area contributed by atoms with Gasteiger partial charge in [-0.1, -0.05) is 29.8 Å². The van der Waals surface area contributed by atoms with Crippen molar-refractivity contribution in [2.45, 2.75) is 10.1 Å². The van der Waals surface area contributed by atoms with Crippen LogP contribution in [0.4, 0.5) is 5.69 Å². The topological polar surface area (TPSA) is 64.7 Å². The molecule has 0 saturated heterocycles. The maximum atomic E-state index is 12.7. The average Bonchev–Trinajstić information content (AvgIpc) is 3.34. The summed E-state index contributed by atoms with van der Waals surface area (Å²) in [5, 5.41) is 8.62. The normalized spacial score (nSPS) is 10.8. The van der Waals surface area contributed by atoms with Crippen LogP contribution in [0.2, 0.25) is 5.02 Å². The molecule has 0 fully saturated rings. The van der Waals surface area contributed by atoms with Crippen LogP contribution in [0, 0.1) is 0 Å². The Morgan fingerprint density at radius 2 is 1.93 bits per heavy atom. The zero-order valence-corrected chi connectivity index (χ0v) is 16.5. The van der Waals surface area contributed by atoms with Crippen molar-refractivity contribution in [2.75, 3.05) is 5.32 Å². The lowest BCUT2D eigenvalue weighted by atomic mass is 10.3. The third-order valence-corrected chi connectivity index (χ3v) is 5.40. The zero-order valence-electron chi connectivity index (χ0n) is 14.9. The second-order valence-electron chi connectivity index (χ2n) is 6.00. The zero-order chi connectivity index (χ0) is 19.5. The summed E-state index contributed by atoms with van der Waals surface area (Å²) in [5.74, 6) is -0.307. The number of halogens is 1. The number of rotatable bonds is 5. The minimum absolute atomic E-state index is 0.307. The van der Waals surface area contributed by atoms with E-state index in [-0.39, 0.29) is 5.91 Å². The van der Waals surface area contributed by atoms with Crippen LogP contribution in [0.25, 0.3) is 5.69 Å². The van der Waals surface area contributed by atoms with Crippen molar-refractivity contribution >= 4 is 35.0 Å². The van der Waals surface area contributed by atoms with Crippen molar-refractivity contribution in [1.82, 2.24) is 19.3 Å². The largest absolute Gasteiger partial charge is 0.329 e. The molecular weight excluding hydrogens is 394 g/mol. The van der Waals surface area contributed by atoms with E-state index in [1.165, 1.54) is 11.8 Å². The quantitative estimate of drug-likeness (QED) is 0.520. The Balaban J connectivity index is 1.57. The Morgan fingerprint density at radius 3 is 2.68 bits per heavy atom. The van der Waals surface area contributed by atoms with Gasteiger partial charge in [-0.3, -0.25) is 4.79 Å². The average molecular weight is 410 g/mol. The Hall–Kier alpha value is -3.03. The number of aromatic nitrogens is 4. The van der Waals surface area contributed by atoms with Crippen LogP contribution in [0.3, 0.4) is 0 Å². The first-order valence-electron chi connectivity index (χ1n) is 8.47. The van der Waals surface area contributed by atoms with E-state index in [9.17, 15) is 4.79 Å². The van der Waals surface area contributed by atoms with Crippen LogP contribution in [0.15, 0.2) is 83.2 Å². The number of imidazole rings is 1. The van der Waals surface area contributed by atoms with E-state index in [1.807, 2.05) is 54.2 Å². The molecule has 1 N–H and O–H groups in total. The number of para-hydroxylation sites is 1. The molecule has 0 aliphatic rings. The predicted molar refractivity (Wildman–Crippen MR) is 110 cm³/mol. The molecule has 140 valence electrons. The lowest BCUT2D eigenvalue weighted by molar-refractivity contribution is 0.102. The van der Waals surface area contributed by atoms with Crippen LogP contribution in [-0.2, 0) is 7.05 Å². The highest BCUT2D eigenvalue weighted by atomic mass is 35.5. The number of amides is 1. The summed E-state index contributed by atoms with van der Waals surface area (Å²) in [7, 11) is 1.92. The molecule has 28 heavy (non-hydrogen) atoms. The Morgan fingerprint density at radius 1 is 1.11 bits per heavy atom. The van der Waals surface area contributed by atoms with Crippen LogP contribution in [0.1, 0.15) is 10.5 Å². The van der Waals surface area contributed by atoms with Gasteiger partial charge in [0.25, 0.3) is 5.91 Å². The van der Waals surface area contributed by atoms with Gasteiger partial charge in [0.1, 0.15) is 0 Å².